The minimum atomic E-state index is -0.522. The van der Waals surface area contributed by atoms with Crippen molar-refractivity contribution in [1.29, 1.82) is 0 Å². The molecule has 0 amide bonds. The molecule has 0 bridgehead atoms. The second-order valence-electron chi connectivity index (χ2n) is 7.28. The second kappa shape index (κ2) is 9.80. The highest BCUT2D eigenvalue weighted by molar-refractivity contribution is 5.98. The molecule has 7 heteroatoms. The van der Waals surface area contributed by atoms with E-state index in [1.54, 1.807) is 27.4 Å². The number of likely N-dealkylation sites (tertiary alicyclic amines) is 1. The molecule has 0 N–H and O–H groups in total. The smallest absolute Gasteiger partial charge is 0.203 e. The molecular weight excluding hydrogens is 389 g/mol. The summed E-state index contributed by atoms with van der Waals surface area (Å²) in [6.07, 6.45) is 1.68. The maximum absolute atomic E-state index is 14.0. The number of halogens is 1. The first-order chi connectivity index (χ1) is 14.5. The fraction of sp³-hybridized carbons (Fsp3) is 0.435. The number of hydrogen-bond donors (Lipinski definition) is 0. The molecule has 0 aliphatic carbocycles. The fourth-order valence-electron chi connectivity index (χ4n) is 4.00. The number of benzene rings is 2. The van der Waals surface area contributed by atoms with Gasteiger partial charge in [-0.15, -0.1) is 0 Å². The van der Waals surface area contributed by atoms with Gasteiger partial charge in [-0.1, -0.05) is 6.07 Å². The quantitative estimate of drug-likeness (QED) is 0.606. The summed E-state index contributed by atoms with van der Waals surface area (Å²) in [5.41, 5.74) is 1.34. The van der Waals surface area contributed by atoms with Gasteiger partial charge in [-0.3, -0.25) is 9.69 Å². The summed E-state index contributed by atoms with van der Waals surface area (Å²) < 4.78 is 35.4. The van der Waals surface area contributed by atoms with Crippen molar-refractivity contribution in [1.82, 2.24) is 4.90 Å². The van der Waals surface area contributed by atoms with Gasteiger partial charge in [0.05, 0.1) is 28.4 Å². The first kappa shape index (κ1) is 21.9. The van der Waals surface area contributed by atoms with Crippen molar-refractivity contribution in [2.75, 3.05) is 41.5 Å². The van der Waals surface area contributed by atoms with Gasteiger partial charge in [0.25, 0.3) is 0 Å². The molecule has 1 atom stereocenters. The van der Waals surface area contributed by atoms with Crippen LogP contribution in [0.1, 0.15) is 28.8 Å². The summed E-state index contributed by atoms with van der Waals surface area (Å²) in [6.45, 7) is 2.09. The van der Waals surface area contributed by atoms with Gasteiger partial charge in [0.2, 0.25) is 5.75 Å². The number of carbonyl (C=O) groups is 1. The highest BCUT2D eigenvalue weighted by Gasteiger charge is 2.28. The number of rotatable bonds is 8. The van der Waals surface area contributed by atoms with Crippen LogP contribution in [0, 0.1) is 11.7 Å². The van der Waals surface area contributed by atoms with Crippen molar-refractivity contribution in [2.24, 2.45) is 5.92 Å². The van der Waals surface area contributed by atoms with Crippen LogP contribution in [-0.2, 0) is 6.54 Å². The number of carbonyl (C=O) groups excluding carboxylic acids is 1. The van der Waals surface area contributed by atoms with E-state index in [0.717, 1.165) is 24.9 Å². The topological polar surface area (TPSA) is 57.2 Å². The third-order valence-electron chi connectivity index (χ3n) is 5.49. The molecule has 1 saturated heterocycles. The van der Waals surface area contributed by atoms with Gasteiger partial charge >= 0.3 is 0 Å². The van der Waals surface area contributed by atoms with Crippen molar-refractivity contribution >= 4 is 5.78 Å². The van der Waals surface area contributed by atoms with Crippen LogP contribution < -0.4 is 18.9 Å². The van der Waals surface area contributed by atoms with Gasteiger partial charge in [-0.05, 0) is 43.7 Å². The highest BCUT2D eigenvalue weighted by Crippen LogP contribution is 2.40. The van der Waals surface area contributed by atoms with Crippen LogP contribution in [0.2, 0.25) is 0 Å². The van der Waals surface area contributed by atoms with E-state index >= 15 is 0 Å². The standard InChI is InChI=1S/C23H28FNO5/c1-27-19-9-7-15(12-18(19)24)21(26)16-6-5-11-25(13-16)14-17-8-10-20(28-2)23(30-4)22(17)29-3/h7-10,12,16H,5-6,11,13-14H2,1-4H3/t16-/m0/s1. The Hall–Kier alpha value is -2.80. The van der Waals surface area contributed by atoms with Crippen LogP contribution >= 0.6 is 0 Å². The molecule has 0 saturated carbocycles. The zero-order valence-corrected chi connectivity index (χ0v) is 17.9. The van der Waals surface area contributed by atoms with E-state index in [1.807, 2.05) is 12.1 Å². The van der Waals surface area contributed by atoms with E-state index in [9.17, 15) is 9.18 Å². The first-order valence-corrected chi connectivity index (χ1v) is 9.90. The van der Waals surface area contributed by atoms with Crippen molar-refractivity contribution < 1.29 is 28.1 Å². The normalized spacial score (nSPS) is 16.8. The van der Waals surface area contributed by atoms with E-state index in [4.69, 9.17) is 18.9 Å². The van der Waals surface area contributed by atoms with Gasteiger partial charge in [-0.25, -0.2) is 4.39 Å². The molecule has 0 spiro atoms. The van der Waals surface area contributed by atoms with E-state index in [2.05, 4.69) is 4.90 Å². The van der Waals surface area contributed by atoms with Gasteiger partial charge in [0.1, 0.15) is 0 Å². The number of Topliss-reactive ketones (excluding diaryl/α,β-unsaturated/α-hetero) is 1. The Morgan fingerprint density at radius 3 is 2.33 bits per heavy atom. The first-order valence-electron chi connectivity index (χ1n) is 9.90. The Balaban J connectivity index is 1.75. The van der Waals surface area contributed by atoms with Gasteiger partial charge in [0, 0.05) is 30.1 Å². The number of ether oxygens (including phenoxy) is 4. The molecule has 1 aliphatic rings. The van der Waals surface area contributed by atoms with E-state index < -0.39 is 5.82 Å². The van der Waals surface area contributed by atoms with Crippen molar-refractivity contribution in [3.63, 3.8) is 0 Å². The number of hydrogen-bond acceptors (Lipinski definition) is 6. The molecule has 30 heavy (non-hydrogen) atoms. The van der Waals surface area contributed by atoms with Gasteiger partial charge < -0.3 is 18.9 Å². The average Bonchev–Trinajstić information content (AvgIpc) is 2.78. The van der Waals surface area contributed by atoms with Crippen molar-refractivity contribution in [2.45, 2.75) is 19.4 Å². The number of ketones is 1. The molecule has 1 aliphatic heterocycles. The maximum atomic E-state index is 14.0. The maximum Gasteiger partial charge on any atom is 0.203 e. The molecule has 162 valence electrons. The highest BCUT2D eigenvalue weighted by atomic mass is 19.1. The van der Waals surface area contributed by atoms with E-state index in [0.29, 0.717) is 35.9 Å². The zero-order valence-electron chi connectivity index (χ0n) is 17.9. The van der Waals surface area contributed by atoms with E-state index in [1.165, 1.54) is 19.2 Å². The lowest BCUT2D eigenvalue weighted by Gasteiger charge is -2.32. The summed E-state index contributed by atoms with van der Waals surface area (Å²) in [4.78, 5) is 15.2. The molecule has 0 radical (unpaired) electrons. The Morgan fingerprint density at radius 1 is 1.00 bits per heavy atom. The fourth-order valence-corrected chi connectivity index (χ4v) is 4.00. The molecule has 1 heterocycles. The molecule has 6 nitrogen and oxygen atoms in total. The van der Waals surface area contributed by atoms with Crippen molar-refractivity contribution in [3.8, 4) is 23.0 Å². The lowest BCUT2D eigenvalue weighted by Crippen LogP contribution is -2.38. The monoisotopic (exact) mass is 417 g/mol. The summed E-state index contributed by atoms with van der Waals surface area (Å²) in [6, 6.07) is 8.18. The summed E-state index contributed by atoms with van der Waals surface area (Å²) in [7, 11) is 6.16. The van der Waals surface area contributed by atoms with Crippen LogP contribution in [0.25, 0.3) is 0 Å². The molecule has 1 fully saturated rings. The summed E-state index contributed by atoms with van der Waals surface area (Å²) >= 11 is 0. The van der Waals surface area contributed by atoms with Crippen LogP contribution in [-0.4, -0.2) is 52.2 Å². The molecular formula is C23H28FNO5. The largest absolute Gasteiger partial charge is 0.494 e. The third-order valence-corrected chi connectivity index (χ3v) is 5.49. The van der Waals surface area contributed by atoms with Crippen LogP contribution in [0.4, 0.5) is 4.39 Å². The van der Waals surface area contributed by atoms with E-state index in [-0.39, 0.29) is 17.5 Å². The third kappa shape index (κ3) is 4.51. The Kier molecular flexibility index (Phi) is 7.15. The number of piperidine rings is 1. The van der Waals surface area contributed by atoms with Crippen LogP contribution in [0.15, 0.2) is 30.3 Å². The molecule has 2 aromatic carbocycles. The van der Waals surface area contributed by atoms with Gasteiger partial charge in [-0.2, -0.15) is 0 Å². The Labute approximate surface area is 176 Å². The second-order valence-corrected chi connectivity index (χ2v) is 7.28. The van der Waals surface area contributed by atoms with Gasteiger partial charge in [0.15, 0.2) is 28.8 Å². The minimum absolute atomic E-state index is 0.0412. The molecule has 0 aromatic heterocycles. The predicted molar refractivity (Wildman–Crippen MR) is 111 cm³/mol. The lowest BCUT2D eigenvalue weighted by molar-refractivity contribution is 0.0810. The SMILES string of the molecule is COc1ccc(C(=O)[C@H]2CCCN(Cc3ccc(OC)c(OC)c3OC)C2)cc1F. The van der Waals surface area contributed by atoms with Crippen molar-refractivity contribution in [3.05, 3.63) is 47.3 Å². The molecule has 0 unspecified atom stereocenters. The summed E-state index contributed by atoms with van der Waals surface area (Å²) in [5.74, 6) is 1.17. The number of nitrogens with zero attached hydrogens (tertiary/aromatic N) is 1. The molecule has 2 aromatic rings. The number of methoxy groups -OCH3 is 4. The molecule has 3 rings (SSSR count). The minimum Gasteiger partial charge on any atom is -0.494 e. The van der Waals surface area contributed by atoms with Crippen LogP contribution in [0.5, 0.6) is 23.0 Å². The Morgan fingerprint density at radius 2 is 1.70 bits per heavy atom. The average molecular weight is 417 g/mol. The zero-order chi connectivity index (χ0) is 21.7. The summed E-state index contributed by atoms with van der Waals surface area (Å²) in [5, 5.41) is 0. The van der Waals surface area contributed by atoms with Crippen LogP contribution in [0.3, 0.4) is 0 Å². The lowest BCUT2D eigenvalue weighted by atomic mass is 9.89. The Bertz CT molecular complexity index is 901. The predicted octanol–water partition coefficient (Wildman–Crippen LogP) is 3.96.